The van der Waals surface area contributed by atoms with E-state index in [4.69, 9.17) is 19.3 Å². The predicted molar refractivity (Wildman–Crippen MR) is 208 cm³/mol. The summed E-state index contributed by atoms with van der Waals surface area (Å²) in [6.07, 6.45) is 41.7. The Labute approximate surface area is 309 Å². The van der Waals surface area contributed by atoms with E-state index in [1.165, 1.54) is 44.9 Å². The van der Waals surface area contributed by atoms with Crippen LogP contribution < -0.4 is 0 Å². The van der Waals surface area contributed by atoms with Crippen molar-refractivity contribution in [2.24, 2.45) is 0 Å². The normalized spacial score (nSPS) is 13.7. The molecule has 0 bridgehead atoms. The van der Waals surface area contributed by atoms with Crippen LogP contribution in [0, 0.1) is 0 Å². The van der Waals surface area contributed by atoms with Crippen LogP contribution in [0.5, 0.6) is 0 Å². The summed E-state index contributed by atoms with van der Waals surface area (Å²) in [5, 5.41) is 9.53. The lowest BCUT2D eigenvalue weighted by molar-refractivity contribution is -0.161. The van der Waals surface area contributed by atoms with Crippen molar-refractivity contribution >= 4 is 19.8 Å². The number of ether oxygens (including phenoxy) is 2. The lowest BCUT2D eigenvalue weighted by atomic mass is 10.1. The highest BCUT2D eigenvalue weighted by molar-refractivity contribution is 7.46. The number of esters is 2. The zero-order valence-electron chi connectivity index (χ0n) is 31.8. The fourth-order valence-corrected chi connectivity index (χ4v) is 5.41. The van der Waals surface area contributed by atoms with E-state index in [0.717, 1.165) is 70.6 Å². The van der Waals surface area contributed by atoms with Gasteiger partial charge in [0.2, 0.25) is 0 Å². The SMILES string of the molecule is CCCCCCCC/C=C\CCCCCCCC(=O)OC[C@H](COP(=O)(O)O)OC(=O)CCC/C=C\C/C=C\C/C=C\C/C=C\CC[C@H](O)CC. The molecule has 294 valence electrons. The van der Waals surface area contributed by atoms with Crippen LogP contribution in [0.3, 0.4) is 0 Å². The summed E-state index contributed by atoms with van der Waals surface area (Å²) in [4.78, 5) is 42.7. The number of phosphoric ester groups is 1. The lowest BCUT2D eigenvalue weighted by Gasteiger charge is -2.18. The number of hydrogen-bond donors (Lipinski definition) is 3. The zero-order chi connectivity index (χ0) is 37.7. The van der Waals surface area contributed by atoms with Gasteiger partial charge >= 0.3 is 19.8 Å². The molecular formula is C41H71O9P. The van der Waals surface area contributed by atoms with E-state index in [2.05, 4.69) is 60.1 Å². The highest BCUT2D eigenvalue weighted by Crippen LogP contribution is 2.36. The summed E-state index contributed by atoms with van der Waals surface area (Å²) in [5.41, 5.74) is 0. The number of hydrogen-bond acceptors (Lipinski definition) is 7. The number of aliphatic hydroxyl groups excluding tert-OH is 1. The molecule has 0 aromatic heterocycles. The second kappa shape index (κ2) is 36.1. The number of carbonyl (C=O) groups excluding carboxylic acids is 2. The first-order valence-corrected chi connectivity index (χ1v) is 21.2. The van der Waals surface area contributed by atoms with E-state index in [0.29, 0.717) is 19.3 Å². The van der Waals surface area contributed by atoms with Crippen LogP contribution in [0.1, 0.15) is 162 Å². The number of rotatable bonds is 35. The summed E-state index contributed by atoms with van der Waals surface area (Å²) >= 11 is 0. The molecule has 0 spiro atoms. The van der Waals surface area contributed by atoms with Crippen LogP contribution in [-0.4, -0.2) is 52.3 Å². The van der Waals surface area contributed by atoms with Crippen LogP contribution in [0.25, 0.3) is 0 Å². The minimum atomic E-state index is -4.78. The Balaban J connectivity index is 4.09. The van der Waals surface area contributed by atoms with E-state index in [1.807, 2.05) is 19.1 Å². The van der Waals surface area contributed by atoms with Gasteiger partial charge < -0.3 is 24.4 Å². The third kappa shape index (κ3) is 38.8. The first-order chi connectivity index (χ1) is 24.7. The Kier molecular flexibility index (Phi) is 34.5. The van der Waals surface area contributed by atoms with Gasteiger partial charge in [-0.05, 0) is 83.5 Å². The predicted octanol–water partition coefficient (Wildman–Crippen LogP) is 10.7. The molecule has 0 aromatic rings. The molecule has 0 aliphatic carbocycles. The van der Waals surface area contributed by atoms with Gasteiger partial charge in [-0.3, -0.25) is 14.1 Å². The average molecular weight is 739 g/mol. The van der Waals surface area contributed by atoms with Crippen molar-refractivity contribution in [3.63, 3.8) is 0 Å². The third-order valence-electron chi connectivity index (χ3n) is 8.17. The van der Waals surface area contributed by atoms with Crippen molar-refractivity contribution in [1.29, 1.82) is 0 Å². The second-order valence-corrected chi connectivity index (χ2v) is 14.3. The lowest BCUT2D eigenvalue weighted by Crippen LogP contribution is -2.29. The van der Waals surface area contributed by atoms with E-state index >= 15 is 0 Å². The second-order valence-electron chi connectivity index (χ2n) is 13.0. The van der Waals surface area contributed by atoms with E-state index in [1.54, 1.807) is 0 Å². The standard InChI is InChI=1S/C41H71O9P/c1-3-5-6-7-8-9-10-11-12-16-19-22-25-28-31-34-40(43)48-36-39(37-49-51(45,46)47)50-41(44)35-32-29-26-23-20-17-14-13-15-18-21-24-27-30-33-38(42)4-2/h11-12,14-15,17-18,23-24,26-27,38-39,42H,3-10,13,16,19-22,25,28-37H2,1-2H3,(H2,45,46,47)/b12-11-,17-14-,18-15-,26-23-,27-24-/t38-,39-/m1/s1. The maximum Gasteiger partial charge on any atom is 0.469 e. The van der Waals surface area contributed by atoms with E-state index < -0.39 is 32.5 Å². The molecule has 51 heavy (non-hydrogen) atoms. The smallest absolute Gasteiger partial charge is 0.462 e. The summed E-state index contributed by atoms with van der Waals surface area (Å²) in [6.45, 7) is 3.33. The van der Waals surface area contributed by atoms with Gasteiger partial charge in [0.05, 0.1) is 12.7 Å². The Morgan fingerprint density at radius 1 is 0.588 bits per heavy atom. The molecule has 2 atom stereocenters. The fourth-order valence-electron chi connectivity index (χ4n) is 5.05. The van der Waals surface area contributed by atoms with Gasteiger partial charge in [-0.1, -0.05) is 126 Å². The minimum Gasteiger partial charge on any atom is -0.462 e. The number of phosphoric acid groups is 1. The molecular weight excluding hydrogens is 667 g/mol. The van der Waals surface area contributed by atoms with Gasteiger partial charge in [0.1, 0.15) is 6.61 Å². The van der Waals surface area contributed by atoms with Crippen molar-refractivity contribution in [2.45, 2.75) is 174 Å². The maximum atomic E-state index is 12.4. The molecule has 0 aromatic carbocycles. The van der Waals surface area contributed by atoms with Crippen molar-refractivity contribution in [2.75, 3.05) is 13.2 Å². The monoisotopic (exact) mass is 738 g/mol. The first-order valence-electron chi connectivity index (χ1n) is 19.7. The summed E-state index contributed by atoms with van der Waals surface area (Å²) in [7, 11) is -4.78. The molecule has 3 N–H and O–H groups in total. The van der Waals surface area contributed by atoms with Crippen molar-refractivity contribution in [3.8, 4) is 0 Å². The molecule has 0 saturated heterocycles. The Morgan fingerprint density at radius 3 is 1.63 bits per heavy atom. The Morgan fingerprint density at radius 2 is 1.06 bits per heavy atom. The molecule has 0 aliphatic heterocycles. The molecule has 0 aliphatic rings. The summed E-state index contributed by atoms with van der Waals surface area (Å²) in [5.74, 6) is -0.983. The van der Waals surface area contributed by atoms with Crippen molar-refractivity contribution in [1.82, 2.24) is 0 Å². The maximum absolute atomic E-state index is 12.4. The molecule has 0 heterocycles. The van der Waals surface area contributed by atoms with Gasteiger partial charge in [-0.15, -0.1) is 0 Å². The summed E-state index contributed by atoms with van der Waals surface area (Å²) < 4.78 is 26.3. The van der Waals surface area contributed by atoms with Gasteiger partial charge in [-0.25, -0.2) is 4.57 Å². The van der Waals surface area contributed by atoms with E-state index in [9.17, 15) is 19.3 Å². The Bertz CT molecular complexity index is 1030. The van der Waals surface area contributed by atoms with Gasteiger partial charge in [0.15, 0.2) is 6.10 Å². The largest absolute Gasteiger partial charge is 0.469 e. The molecule has 0 amide bonds. The molecule has 10 heteroatoms. The number of allylic oxidation sites excluding steroid dienone is 10. The van der Waals surface area contributed by atoms with Crippen molar-refractivity contribution < 1.29 is 43.0 Å². The highest BCUT2D eigenvalue weighted by atomic mass is 31.2. The fraction of sp³-hybridized carbons (Fsp3) is 0.707. The average Bonchev–Trinajstić information content (AvgIpc) is 3.10. The van der Waals surface area contributed by atoms with Crippen LogP contribution in [0.4, 0.5) is 0 Å². The highest BCUT2D eigenvalue weighted by Gasteiger charge is 2.22. The van der Waals surface area contributed by atoms with Gasteiger partial charge in [-0.2, -0.15) is 0 Å². The molecule has 0 fully saturated rings. The molecule has 0 unspecified atom stereocenters. The van der Waals surface area contributed by atoms with E-state index in [-0.39, 0.29) is 25.6 Å². The first kappa shape index (κ1) is 48.7. The van der Waals surface area contributed by atoms with Crippen LogP contribution in [0.2, 0.25) is 0 Å². The Hall–Kier alpha value is -2.29. The zero-order valence-corrected chi connectivity index (χ0v) is 32.7. The molecule has 0 radical (unpaired) electrons. The van der Waals surface area contributed by atoms with Gasteiger partial charge in [0.25, 0.3) is 0 Å². The van der Waals surface area contributed by atoms with Crippen LogP contribution in [0.15, 0.2) is 60.8 Å². The van der Waals surface area contributed by atoms with Crippen molar-refractivity contribution in [3.05, 3.63) is 60.8 Å². The minimum absolute atomic E-state index is 0.119. The quantitative estimate of drug-likeness (QED) is 0.0251. The topological polar surface area (TPSA) is 140 Å². The van der Waals surface area contributed by atoms with Crippen LogP contribution in [-0.2, 0) is 28.2 Å². The molecule has 0 saturated carbocycles. The summed E-state index contributed by atoms with van der Waals surface area (Å²) in [6, 6.07) is 0. The third-order valence-corrected chi connectivity index (χ3v) is 8.66. The number of unbranched alkanes of at least 4 members (excludes halogenated alkanes) is 12. The van der Waals surface area contributed by atoms with Gasteiger partial charge in [0, 0.05) is 12.8 Å². The van der Waals surface area contributed by atoms with Crippen LogP contribution >= 0.6 is 7.82 Å². The number of aliphatic hydroxyl groups is 1. The molecule has 0 rings (SSSR count). The number of carbonyl (C=O) groups is 2. The molecule has 9 nitrogen and oxygen atoms in total.